The second-order valence-electron chi connectivity index (χ2n) is 4.06. The first-order chi connectivity index (χ1) is 9.68. The summed E-state index contributed by atoms with van der Waals surface area (Å²) < 4.78 is 0. The van der Waals surface area contributed by atoms with Gasteiger partial charge < -0.3 is 10.0 Å². The van der Waals surface area contributed by atoms with Crippen LogP contribution in [0.4, 0.5) is 5.69 Å². The molecule has 1 aromatic heterocycles. The molecule has 0 aliphatic heterocycles. The van der Waals surface area contributed by atoms with Gasteiger partial charge in [0.25, 0.3) is 5.91 Å². The van der Waals surface area contributed by atoms with Gasteiger partial charge in [-0.25, -0.2) is 9.97 Å². The molecule has 1 heterocycles. The summed E-state index contributed by atoms with van der Waals surface area (Å²) in [6, 6.07) is 8.91. The van der Waals surface area contributed by atoms with E-state index in [1.54, 1.807) is 24.3 Å². The molecule has 0 bridgehead atoms. The number of hydrogen-bond donors (Lipinski definition) is 1. The highest BCUT2D eigenvalue weighted by molar-refractivity contribution is 6.05. The molecular formula is C14H13N3O3. The molecule has 1 N–H and O–H groups in total. The number of aromatic nitrogens is 2. The van der Waals surface area contributed by atoms with Gasteiger partial charge in [0.2, 0.25) is 0 Å². The zero-order valence-electron chi connectivity index (χ0n) is 10.6. The number of para-hydroxylation sites is 1. The molecule has 0 radical (unpaired) electrons. The molecule has 0 aliphatic rings. The van der Waals surface area contributed by atoms with Gasteiger partial charge in [0.1, 0.15) is 6.33 Å². The summed E-state index contributed by atoms with van der Waals surface area (Å²) in [5, 5.41) is 8.80. The van der Waals surface area contributed by atoms with E-state index in [0.717, 1.165) is 0 Å². The molecule has 2 rings (SSSR count). The van der Waals surface area contributed by atoms with E-state index in [-0.39, 0.29) is 18.9 Å². The quantitative estimate of drug-likeness (QED) is 0.893. The number of benzene rings is 1. The molecule has 6 nitrogen and oxygen atoms in total. The predicted molar refractivity (Wildman–Crippen MR) is 72.4 cm³/mol. The van der Waals surface area contributed by atoms with Gasteiger partial charge in [-0.3, -0.25) is 9.59 Å². The third kappa shape index (κ3) is 3.38. The van der Waals surface area contributed by atoms with Crippen molar-refractivity contribution in [1.29, 1.82) is 0 Å². The molecule has 6 heteroatoms. The fraction of sp³-hybridized carbons (Fsp3) is 0.143. The number of amides is 1. The number of anilines is 1. The van der Waals surface area contributed by atoms with E-state index < -0.39 is 5.97 Å². The molecule has 0 fully saturated rings. The van der Waals surface area contributed by atoms with Crippen molar-refractivity contribution in [2.45, 2.75) is 6.42 Å². The second-order valence-corrected chi connectivity index (χ2v) is 4.06. The Morgan fingerprint density at radius 2 is 1.75 bits per heavy atom. The van der Waals surface area contributed by atoms with Crippen LogP contribution in [0.5, 0.6) is 0 Å². The maximum atomic E-state index is 12.4. The van der Waals surface area contributed by atoms with Gasteiger partial charge in [-0.15, -0.1) is 0 Å². The van der Waals surface area contributed by atoms with Gasteiger partial charge in [0.05, 0.1) is 12.0 Å². The normalized spacial score (nSPS) is 10.0. The monoisotopic (exact) mass is 271 g/mol. The largest absolute Gasteiger partial charge is 0.481 e. The maximum absolute atomic E-state index is 12.4. The summed E-state index contributed by atoms with van der Waals surface area (Å²) in [6.07, 6.45) is 4.02. The Bertz CT molecular complexity index is 587. The van der Waals surface area contributed by atoms with Crippen molar-refractivity contribution in [2.75, 3.05) is 11.4 Å². The first-order valence-electron chi connectivity index (χ1n) is 6.02. The molecule has 0 spiro atoms. The minimum absolute atomic E-state index is 0.0904. The van der Waals surface area contributed by atoms with Gasteiger partial charge in [-0.1, -0.05) is 18.2 Å². The Labute approximate surface area is 115 Å². The smallest absolute Gasteiger partial charge is 0.305 e. The molecule has 1 amide bonds. The Morgan fingerprint density at radius 3 is 2.35 bits per heavy atom. The summed E-state index contributed by atoms with van der Waals surface area (Å²) in [5.41, 5.74) is 0.962. The standard InChI is InChI=1S/C14H13N3O3/c18-13(19)6-7-17(12-4-2-1-3-5-12)14(20)11-8-15-10-16-9-11/h1-5,8-10H,6-7H2,(H,18,19). The lowest BCUT2D eigenvalue weighted by Crippen LogP contribution is -2.33. The van der Waals surface area contributed by atoms with Gasteiger partial charge in [0.15, 0.2) is 0 Å². The van der Waals surface area contributed by atoms with E-state index in [2.05, 4.69) is 9.97 Å². The van der Waals surface area contributed by atoms with Crippen LogP contribution in [0.3, 0.4) is 0 Å². The fourth-order valence-electron chi connectivity index (χ4n) is 1.73. The summed E-state index contributed by atoms with van der Waals surface area (Å²) in [5.74, 6) is -1.28. The van der Waals surface area contributed by atoms with Crippen molar-refractivity contribution in [2.24, 2.45) is 0 Å². The number of hydrogen-bond acceptors (Lipinski definition) is 4. The van der Waals surface area contributed by atoms with Crippen LogP contribution in [0, 0.1) is 0 Å². The Hall–Kier alpha value is -2.76. The van der Waals surface area contributed by atoms with Crippen molar-refractivity contribution >= 4 is 17.6 Å². The van der Waals surface area contributed by atoms with Crippen LogP contribution in [0.25, 0.3) is 0 Å². The lowest BCUT2D eigenvalue weighted by Gasteiger charge is -2.21. The van der Waals surface area contributed by atoms with Crippen LogP contribution in [0.2, 0.25) is 0 Å². The van der Waals surface area contributed by atoms with E-state index in [4.69, 9.17) is 5.11 Å². The molecule has 2 aromatic rings. The minimum atomic E-state index is -0.956. The molecule has 0 saturated heterocycles. The second kappa shape index (κ2) is 6.42. The van der Waals surface area contributed by atoms with Crippen molar-refractivity contribution < 1.29 is 14.7 Å². The van der Waals surface area contributed by atoms with Crippen LogP contribution in [-0.4, -0.2) is 33.5 Å². The third-order valence-electron chi connectivity index (χ3n) is 2.67. The molecule has 0 aliphatic carbocycles. The van der Waals surface area contributed by atoms with Crippen LogP contribution < -0.4 is 4.90 Å². The summed E-state index contributed by atoms with van der Waals surface area (Å²) >= 11 is 0. The van der Waals surface area contributed by atoms with E-state index in [1.165, 1.54) is 23.6 Å². The number of carboxylic acids is 1. The molecule has 20 heavy (non-hydrogen) atoms. The summed E-state index contributed by atoms with van der Waals surface area (Å²) in [7, 11) is 0. The zero-order valence-corrected chi connectivity index (χ0v) is 10.6. The first kappa shape index (κ1) is 13.7. The number of nitrogens with zero attached hydrogens (tertiary/aromatic N) is 3. The number of carboxylic acid groups (broad SMARTS) is 1. The number of rotatable bonds is 5. The Kier molecular flexibility index (Phi) is 4.39. The van der Waals surface area contributed by atoms with Crippen LogP contribution in [-0.2, 0) is 4.79 Å². The van der Waals surface area contributed by atoms with Gasteiger partial charge in [-0.05, 0) is 12.1 Å². The maximum Gasteiger partial charge on any atom is 0.305 e. The zero-order chi connectivity index (χ0) is 14.4. The molecule has 1 aromatic carbocycles. The van der Waals surface area contributed by atoms with E-state index in [1.807, 2.05) is 6.07 Å². The van der Waals surface area contributed by atoms with Crippen molar-refractivity contribution in [3.8, 4) is 0 Å². The minimum Gasteiger partial charge on any atom is -0.481 e. The highest BCUT2D eigenvalue weighted by atomic mass is 16.4. The molecular weight excluding hydrogens is 258 g/mol. The van der Waals surface area contributed by atoms with Gasteiger partial charge in [-0.2, -0.15) is 0 Å². The SMILES string of the molecule is O=C(O)CCN(C(=O)c1cncnc1)c1ccccc1. The molecule has 0 unspecified atom stereocenters. The van der Waals surface area contributed by atoms with Crippen LogP contribution in [0.15, 0.2) is 49.1 Å². The lowest BCUT2D eigenvalue weighted by molar-refractivity contribution is -0.136. The first-order valence-corrected chi connectivity index (χ1v) is 6.02. The van der Waals surface area contributed by atoms with Gasteiger partial charge >= 0.3 is 5.97 Å². The average molecular weight is 271 g/mol. The topological polar surface area (TPSA) is 83.4 Å². The number of carbonyl (C=O) groups is 2. The van der Waals surface area contributed by atoms with Crippen LogP contribution >= 0.6 is 0 Å². The average Bonchev–Trinajstić information content (AvgIpc) is 2.49. The molecule has 102 valence electrons. The molecule has 0 atom stereocenters. The van der Waals surface area contributed by atoms with Crippen molar-refractivity contribution in [3.63, 3.8) is 0 Å². The lowest BCUT2D eigenvalue weighted by atomic mass is 10.2. The predicted octanol–water partition coefficient (Wildman–Crippen LogP) is 1.60. The number of carbonyl (C=O) groups excluding carboxylic acids is 1. The van der Waals surface area contributed by atoms with E-state index in [9.17, 15) is 9.59 Å². The Balaban J connectivity index is 2.27. The summed E-state index contributed by atoms with van der Waals surface area (Å²) in [4.78, 5) is 32.2. The van der Waals surface area contributed by atoms with Crippen molar-refractivity contribution in [1.82, 2.24) is 9.97 Å². The molecule has 0 saturated carbocycles. The van der Waals surface area contributed by atoms with Gasteiger partial charge in [0, 0.05) is 24.6 Å². The summed E-state index contributed by atoms with van der Waals surface area (Å²) in [6.45, 7) is 0.0904. The highest BCUT2D eigenvalue weighted by Crippen LogP contribution is 2.16. The Morgan fingerprint density at radius 1 is 1.10 bits per heavy atom. The van der Waals surface area contributed by atoms with Crippen LogP contribution in [0.1, 0.15) is 16.8 Å². The highest BCUT2D eigenvalue weighted by Gasteiger charge is 2.18. The third-order valence-corrected chi connectivity index (χ3v) is 2.67. The number of aliphatic carboxylic acids is 1. The van der Waals surface area contributed by atoms with E-state index >= 15 is 0 Å². The fourth-order valence-corrected chi connectivity index (χ4v) is 1.73. The van der Waals surface area contributed by atoms with E-state index in [0.29, 0.717) is 11.3 Å². The van der Waals surface area contributed by atoms with Crippen molar-refractivity contribution in [3.05, 3.63) is 54.6 Å².